The van der Waals surface area contributed by atoms with E-state index >= 15 is 0 Å². The molecule has 1 atom stereocenters. The summed E-state index contributed by atoms with van der Waals surface area (Å²) in [7, 11) is -3.86. The Kier molecular flexibility index (Phi) is 6.89. The zero-order valence-electron chi connectivity index (χ0n) is 16.3. The molecule has 5 nitrogen and oxygen atoms in total. The summed E-state index contributed by atoms with van der Waals surface area (Å²) in [6, 6.07) is 10.4. The van der Waals surface area contributed by atoms with Gasteiger partial charge < -0.3 is 5.32 Å². The highest BCUT2D eigenvalue weighted by molar-refractivity contribution is 7.89. The fourth-order valence-electron chi connectivity index (χ4n) is 3.41. The van der Waals surface area contributed by atoms with Gasteiger partial charge in [0.25, 0.3) is 5.91 Å². The molecule has 29 heavy (non-hydrogen) atoms. The maximum atomic E-state index is 12.9. The highest BCUT2D eigenvalue weighted by Crippen LogP contribution is 2.33. The summed E-state index contributed by atoms with van der Waals surface area (Å²) < 4.78 is 27.8. The molecule has 1 aliphatic carbocycles. The second kappa shape index (κ2) is 9.04. The fourth-order valence-corrected chi connectivity index (χ4v) is 5.32. The predicted octanol–water partition coefficient (Wildman–Crippen LogP) is 4.74. The Labute approximate surface area is 181 Å². The number of hydrogen-bond acceptors (Lipinski definition) is 3. The van der Waals surface area contributed by atoms with E-state index in [9.17, 15) is 13.2 Å². The van der Waals surface area contributed by atoms with Gasteiger partial charge >= 0.3 is 0 Å². The molecule has 1 amide bonds. The maximum absolute atomic E-state index is 12.9. The van der Waals surface area contributed by atoms with Crippen LogP contribution < -0.4 is 10.0 Å². The number of sulfonamides is 1. The second-order valence-electron chi connectivity index (χ2n) is 7.61. The maximum Gasteiger partial charge on any atom is 0.253 e. The standard InChI is InChI=1S/C21H24Cl2N2O3S/c1-13(2)9-10-24-29(27,28)20-11-16(17(22)12-18(20)23)21(26)25-19-8-7-14-5-3-4-6-15(14)19/h3-6,11-13,19,24H,7-10H2,1-2H3,(H,25,26)/t19-/m0/s1. The van der Waals surface area contributed by atoms with Crippen molar-refractivity contribution in [3.8, 4) is 0 Å². The first-order valence-electron chi connectivity index (χ1n) is 9.56. The summed E-state index contributed by atoms with van der Waals surface area (Å²) in [6.45, 7) is 4.31. The van der Waals surface area contributed by atoms with Crippen molar-refractivity contribution in [2.75, 3.05) is 6.54 Å². The van der Waals surface area contributed by atoms with Crippen LogP contribution in [0.25, 0.3) is 0 Å². The number of fused-ring (bicyclic) bond motifs is 1. The Morgan fingerprint density at radius 3 is 2.62 bits per heavy atom. The van der Waals surface area contributed by atoms with Gasteiger partial charge in [-0.2, -0.15) is 0 Å². The molecule has 0 aliphatic heterocycles. The quantitative estimate of drug-likeness (QED) is 0.634. The normalized spacial score (nSPS) is 16.1. The second-order valence-corrected chi connectivity index (χ2v) is 10.2. The molecule has 0 saturated carbocycles. The zero-order valence-corrected chi connectivity index (χ0v) is 18.7. The van der Waals surface area contributed by atoms with Crippen LogP contribution >= 0.6 is 23.2 Å². The van der Waals surface area contributed by atoms with Crippen molar-refractivity contribution < 1.29 is 13.2 Å². The van der Waals surface area contributed by atoms with Crippen LogP contribution in [0.2, 0.25) is 10.0 Å². The first kappa shape index (κ1) is 22.1. The van der Waals surface area contributed by atoms with Crippen molar-refractivity contribution in [3.05, 3.63) is 63.1 Å². The first-order valence-corrected chi connectivity index (χ1v) is 11.8. The van der Waals surface area contributed by atoms with Crippen LogP contribution in [0.15, 0.2) is 41.3 Å². The molecule has 0 heterocycles. The molecule has 0 unspecified atom stereocenters. The molecule has 0 fully saturated rings. The van der Waals surface area contributed by atoms with Gasteiger partial charge in [0.05, 0.1) is 21.7 Å². The van der Waals surface area contributed by atoms with Gasteiger partial charge in [0.15, 0.2) is 0 Å². The van der Waals surface area contributed by atoms with Gasteiger partial charge in [-0.1, -0.05) is 61.3 Å². The Hall–Kier alpha value is -1.60. The summed E-state index contributed by atoms with van der Waals surface area (Å²) in [5, 5.41) is 3.06. The topological polar surface area (TPSA) is 75.3 Å². The molecule has 0 saturated heterocycles. The number of rotatable bonds is 7. The van der Waals surface area contributed by atoms with Crippen molar-refractivity contribution in [2.24, 2.45) is 5.92 Å². The summed E-state index contributed by atoms with van der Waals surface area (Å²) in [6.07, 6.45) is 2.37. The van der Waals surface area contributed by atoms with Crippen LogP contribution in [-0.4, -0.2) is 20.9 Å². The van der Waals surface area contributed by atoms with E-state index in [0.29, 0.717) is 18.9 Å². The summed E-state index contributed by atoms with van der Waals surface area (Å²) in [5.74, 6) is -0.0685. The molecule has 2 aromatic rings. The van der Waals surface area contributed by atoms with E-state index < -0.39 is 15.9 Å². The summed E-state index contributed by atoms with van der Waals surface area (Å²) in [5.41, 5.74) is 2.37. The van der Waals surface area contributed by atoms with E-state index in [2.05, 4.69) is 10.0 Å². The number of carbonyl (C=O) groups excluding carboxylic acids is 1. The van der Waals surface area contributed by atoms with Crippen LogP contribution in [0.1, 0.15) is 54.2 Å². The van der Waals surface area contributed by atoms with Gasteiger partial charge in [-0.05, 0) is 48.4 Å². The molecule has 0 aromatic heterocycles. The minimum atomic E-state index is -3.86. The van der Waals surface area contributed by atoms with Crippen molar-refractivity contribution in [2.45, 2.75) is 44.0 Å². The SMILES string of the molecule is CC(C)CCNS(=O)(=O)c1cc(C(=O)N[C@H]2CCc3ccccc32)c(Cl)cc1Cl. The fraction of sp³-hybridized carbons (Fsp3) is 0.381. The third kappa shape index (κ3) is 5.12. The van der Waals surface area contributed by atoms with Crippen molar-refractivity contribution in [1.82, 2.24) is 10.0 Å². The molecule has 3 rings (SSSR count). The number of aryl methyl sites for hydroxylation is 1. The zero-order chi connectivity index (χ0) is 21.2. The molecule has 0 bridgehead atoms. The van der Waals surface area contributed by atoms with Crippen molar-refractivity contribution in [3.63, 3.8) is 0 Å². The number of hydrogen-bond donors (Lipinski definition) is 2. The molecule has 0 spiro atoms. The number of amides is 1. The van der Waals surface area contributed by atoms with Crippen molar-refractivity contribution in [1.29, 1.82) is 0 Å². The number of benzene rings is 2. The Morgan fingerprint density at radius 2 is 1.90 bits per heavy atom. The van der Waals surface area contributed by atoms with Crippen molar-refractivity contribution >= 4 is 39.1 Å². The van der Waals surface area contributed by atoms with Crippen LogP contribution in [0.5, 0.6) is 0 Å². The van der Waals surface area contributed by atoms with E-state index in [0.717, 1.165) is 18.4 Å². The lowest BCUT2D eigenvalue weighted by Gasteiger charge is -2.16. The van der Waals surface area contributed by atoms with Crippen LogP contribution in [0, 0.1) is 5.92 Å². The number of halogens is 2. The third-order valence-corrected chi connectivity index (χ3v) is 7.25. The lowest BCUT2D eigenvalue weighted by molar-refractivity contribution is 0.0936. The lowest BCUT2D eigenvalue weighted by Crippen LogP contribution is -2.29. The van der Waals surface area contributed by atoms with Gasteiger partial charge in [0, 0.05) is 6.54 Å². The monoisotopic (exact) mass is 454 g/mol. The molecule has 2 N–H and O–H groups in total. The van der Waals surface area contributed by atoms with E-state index in [1.54, 1.807) is 0 Å². The van der Waals surface area contributed by atoms with E-state index in [4.69, 9.17) is 23.2 Å². The average molecular weight is 455 g/mol. The smallest absolute Gasteiger partial charge is 0.253 e. The molecule has 0 radical (unpaired) electrons. The largest absolute Gasteiger partial charge is 0.345 e. The number of carbonyl (C=O) groups is 1. The molecular weight excluding hydrogens is 431 g/mol. The van der Waals surface area contributed by atoms with Gasteiger partial charge in [0.1, 0.15) is 4.90 Å². The molecule has 1 aliphatic rings. The summed E-state index contributed by atoms with van der Waals surface area (Å²) in [4.78, 5) is 12.7. The molecule has 156 valence electrons. The van der Waals surface area contributed by atoms with E-state index in [1.807, 2.05) is 38.1 Å². The van der Waals surface area contributed by atoms with Crippen LogP contribution in [0.3, 0.4) is 0 Å². The van der Waals surface area contributed by atoms with Gasteiger partial charge in [-0.3, -0.25) is 4.79 Å². The van der Waals surface area contributed by atoms with Gasteiger partial charge in [0.2, 0.25) is 10.0 Å². The minimum Gasteiger partial charge on any atom is -0.345 e. The molecule has 8 heteroatoms. The third-order valence-electron chi connectivity index (χ3n) is 5.01. The van der Waals surface area contributed by atoms with Gasteiger partial charge in [-0.25, -0.2) is 13.1 Å². The van der Waals surface area contributed by atoms with Crippen LogP contribution in [-0.2, 0) is 16.4 Å². The highest BCUT2D eigenvalue weighted by Gasteiger charge is 2.27. The minimum absolute atomic E-state index is 0.0187. The first-order chi connectivity index (χ1) is 13.7. The Balaban J connectivity index is 1.83. The van der Waals surface area contributed by atoms with Gasteiger partial charge in [-0.15, -0.1) is 0 Å². The van der Waals surface area contributed by atoms with E-state index in [-0.39, 0.29) is 26.5 Å². The average Bonchev–Trinajstić information content (AvgIpc) is 3.04. The number of nitrogens with one attached hydrogen (secondary N) is 2. The summed E-state index contributed by atoms with van der Waals surface area (Å²) >= 11 is 12.4. The predicted molar refractivity (Wildman–Crippen MR) is 116 cm³/mol. The Morgan fingerprint density at radius 1 is 1.17 bits per heavy atom. The lowest BCUT2D eigenvalue weighted by atomic mass is 10.1. The molecular formula is C21H24Cl2N2O3S. The molecule has 2 aromatic carbocycles. The Bertz CT molecular complexity index is 1020. The van der Waals surface area contributed by atoms with Crippen LogP contribution in [0.4, 0.5) is 0 Å². The highest BCUT2D eigenvalue weighted by atomic mass is 35.5. The van der Waals surface area contributed by atoms with E-state index in [1.165, 1.54) is 17.7 Å².